The van der Waals surface area contributed by atoms with E-state index in [-0.39, 0.29) is 22.7 Å². The lowest BCUT2D eigenvalue weighted by molar-refractivity contribution is -0.119. The number of para-hydroxylation sites is 1. The van der Waals surface area contributed by atoms with Gasteiger partial charge in [-0.1, -0.05) is 48.5 Å². The smallest absolute Gasteiger partial charge is 0.230 e. The van der Waals surface area contributed by atoms with Gasteiger partial charge >= 0.3 is 0 Å². The second-order valence-electron chi connectivity index (χ2n) is 6.79. The molecule has 0 saturated heterocycles. The Hall–Kier alpha value is -2.80. The van der Waals surface area contributed by atoms with Crippen molar-refractivity contribution in [2.45, 2.75) is 39.2 Å². The molecule has 0 bridgehead atoms. The second kappa shape index (κ2) is 13.4. The quantitative estimate of drug-likeness (QED) is 0.496. The summed E-state index contributed by atoms with van der Waals surface area (Å²) >= 11 is 1.00. The molecule has 0 atom stereocenters. The SMILES string of the molecule is CC(=O)SCC(=O)NCCCCCC(=O)Nc1ccc(COc2ccccc2)cc1. The zero-order valence-corrected chi connectivity index (χ0v) is 18.0. The van der Waals surface area contributed by atoms with Crippen LogP contribution in [0, 0.1) is 0 Å². The molecule has 7 heteroatoms. The van der Waals surface area contributed by atoms with Gasteiger partial charge < -0.3 is 15.4 Å². The Bertz CT molecular complexity index is 810. The Kier molecular flexibility index (Phi) is 10.5. The molecular formula is C23H28N2O4S. The van der Waals surface area contributed by atoms with Crippen LogP contribution >= 0.6 is 11.8 Å². The van der Waals surface area contributed by atoms with E-state index in [9.17, 15) is 14.4 Å². The molecule has 0 aliphatic rings. The average Bonchev–Trinajstić information content (AvgIpc) is 2.75. The maximum absolute atomic E-state index is 12.1. The third-order valence-corrected chi connectivity index (χ3v) is 5.01. The lowest BCUT2D eigenvalue weighted by atomic mass is 10.1. The van der Waals surface area contributed by atoms with Crippen LogP contribution in [0.1, 0.15) is 38.2 Å². The first-order valence-corrected chi connectivity index (χ1v) is 11.0. The van der Waals surface area contributed by atoms with Crippen LogP contribution in [-0.4, -0.2) is 29.2 Å². The number of carbonyl (C=O) groups excluding carboxylic acids is 3. The van der Waals surface area contributed by atoms with Crippen molar-refractivity contribution in [3.8, 4) is 5.75 Å². The van der Waals surface area contributed by atoms with Gasteiger partial charge in [0.15, 0.2) is 5.12 Å². The molecule has 6 nitrogen and oxygen atoms in total. The maximum Gasteiger partial charge on any atom is 0.230 e. The van der Waals surface area contributed by atoms with Gasteiger partial charge in [-0.3, -0.25) is 14.4 Å². The van der Waals surface area contributed by atoms with E-state index in [1.807, 2.05) is 54.6 Å². The van der Waals surface area contributed by atoms with E-state index in [0.717, 1.165) is 48.0 Å². The topological polar surface area (TPSA) is 84.5 Å². The largest absolute Gasteiger partial charge is 0.489 e. The molecule has 0 heterocycles. The van der Waals surface area contributed by atoms with Crippen molar-refractivity contribution in [1.29, 1.82) is 0 Å². The fourth-order valence-electron chi connectivity index (χ4n) is 2.62. The van der Waals surface area contributed by atoms with E-state index in [1.165, 1.54) is 6.92 Å². The molecule has 2 aromatic carbocycles. The van der Waals surface area contributed by atoms with Crippen LogP contribution in [0.15, 0.2) is 54.6 Å². The molecule has 2 amide bonds. The number of benzene rings is 2. The fraction of sp³-hybridized carbons (Fsp3) is 0.348. The lowest BCUT2D eigenvalue weighted by Gasteiger charge is -2.08. The summed E-state index contributed by atoms with van der Waals surface area (Å²) in [5.74, 6) is 0.828. The Morgan fingerprint density at radius 2 is 1.63 bits per heavy atom. The van der Waals surface area contributed by atoms with Crippen LogP contribution in [0.2, 0.25) is 0 Å². The van der Waals surface area contributed by atoms with Gasteiger partial charge in [-0.25, -0.2) is 0 Å². The summed E-state index contributed by atoms with van der Waals surface area (Å²) in [4.78, 5) is 34.3. The van der Waals surface area contributed by atoms with E-state index in [2.05, 4.69) is 10.6 Å². The summed E-state index contributed by atoms with van der Waals surface area (Å²) in [7, 11) is 0. The highest BCUT2D eigenvalue weighted by atomic mass is 32.2. The van der Waals surface area contributed by atoms with Gasteiger partial charge in [-0.05, 0) is 42.7 Å². The van der Waals surface area contributed by atoms with Crippen molar-refractivity contribution < 1.29 is 19.1 Å². The Morgan fingerprint density at radius 3 is 2.33 bits per heavy atom. The van der Waals surface area contributed by atoms with Gasteiger partial charge in [-0.2, -0.15) is 0 Å². The van der Waals surface area contributed by atoms with Crippen LogP contribution in [0.3, 0.4) is 0 Å². The third kappa shape index (κ3) is 10.1. The molecule has 0 fully saturated rings. The Labute approximate surface area is 181 Å². The number of unbranched alkanes of at least 4 members (excludes halogenated alkanes) is 2. The van der Waals surface area contributed by atoms with Gasteiger partial charge in [0.05, 0.1) is 5.75 Å². The minimum Gasteiger partial charge on any atom is -0.489 e. The standard InChI is InChI=1S/C23H28N2O4S/c1-18(26)30-17-23(28)24-15-7-3-6-10-22(27)25-20-13-11-19(12-14-20)16-29-21-8-4-2-5-9-21/h2,4-5,8-9,11-14H,3,6-7,10,15-17H2,1H3,(H,24,28)(H,25,27). The number of thioether (sulfide) groups is 1. The summed E-state index contributed by atoms with van der Waals surface area (Å²) in [6.45, 7) is 2.48. The molecule has 160 valence electrons. The normalized spacial score (nSPS) is 10.3. The van der Waals surface area contributed by atoms with Crippen molar-refractivity contribution in [1.82, 2.24) is 5.32 Å². The third-order valence-electron chi connectivity index (χ3n) is 4.20. The molecule has 0 saturated carbocycles. The highest BCUT2D eigenvalue weighted by molar-refractivity contribution is 8.14. The number of hydrogen-bond donors (Lipinski definition) is 2. The van der Waals surface area contributed by atoms with E-state index >= 15 is 0 Å². The molecule has 2 aromatic rings. The number of nitrogens with one attached hydrogen (secondary N) is 2. The minimum absolute atomic E-state index is 0.0230. The van der Waals surface area contributed by atoms with Crippen molar-refractivity contribution in [3.05, 3.63) is 60.2 Å². The number of ether oxygens (including phenoxy) is 1. The number of carbonyl (C=O) groups is 3. The van der Waals surface area contributed by atoms with Gasteiger partial charge in [0.25, 0.3) is 0 Å². The monoisotopic (exact) mass is 428 g/mol. The van der Waals surface area contributed by atoms with Crippen molar-refractivity contribution in [3.63, 3.8) is 0 Å². The fourth-order valence-corrected chi connectivity index (χ4v) is 3.06. The first kappa shape index (κ1) is 23.5. The number of amides is 2. The van der Waals surface area contributed by atoms with Crippen LogP contribution in [0.5, 0.6) is 5.75 Å². The van der Waals surface area contributed by atoms with Crippen molar-refractivity contribution >= 4 is 34.4 Å². The predicted molar refractivity (Wildman–Crippen MR) is 120 cm³/mol. The van der Waals surface area contributed by atoms with Gasteiger partial charge in [0, 0.05) is 25.6 Å². The predicted octanol–water partition coefficient (Wildman–Crippen LogP) is 4.16. The molecule has 2 N–H and O–H groups in total. The first-order valence-electron chi connectivity index (χ1n) is 9.99. The number of hydrogen-bond acceptors (Lipinski definition) is 5. The maximum atomic E-state index is 12.1. The zero-order valence-electron chi connectivity index (χ0n) is 17.2. The van der Waals surface area contributed by atoms with E-state index in [0.29, 0.717) is 19.6 Å². The van der Waals surface area contributed by atoms with Crippen LogP contribution < -0.4 is 15.4 Å². The molecule has 0 radical (unpaired) electrons. The Balaban J connectivity index is 1.56. The number of anilines is 1. The Morgan fingerprint density at radius 1 is 0.900 bits per heavy atom. The first-order chi connectivity index (χ1) is 14.5. The van der Waals surface area contributed by atoms with Crippen LogP contribution in [0.25, 0.3) is 0 Å². The molecular weight excluding hydrogens is 400 g/mol. The van der Waals surface area contributed by atoms with E-state index in [4.69, 9.17) is 4.74 Å². The highest BCUT2D eigenvalue weighted by Crippen LogP contribution is 2.14. The second-order valence-corrected chi connectivity index (χ2v) is 7.94. The summed E-state index contributed by atoms with van der Waals surface area (Å²) in [6.07, 6.45) is 2.85. The number of rotatable bonds is 12. The summed E-state index contributed by atoms with van der Waals surface area (Å²) in [6, 6.07) is 17.2. The van der Waals surface area contributed by atoms with Gasteiger partial charge in [0.1, 0.15) is 12.4 Å². The average molecular weight is 429 g/mol. The summed E-state index contributed by atoms with van der Waals surface area (Å²) in [5, 5.41) is 5.60. The zero-order chi connectivity index (χ0) is 21.6. The molecule has 0 aliphatic heterocycles. The van der Waals surface area contributed by atoms with Crippen molar-refractivity contribution in [2.75, 3.05) is 17.6 Å². The molecule has 0 spiro atoms. The molecule has 0 aliphatic carbocycles. The van der Waals surface area contributed by atoms with E-state index < -0.39 is 0 Å². The van der Waals surface area contributed by atoms with E-state index in [1.54, 1.807) is 0 Å². The molecule has 0 unspecified atom stereocenters. The lowest BCUT2D eigenvalue weighted by Crippen LogP contribution is -2.26. The van der Waals surface area contributed by atoms with Crippen molar-refractivity contribution in [2.24, 2.45) is 0 Å². The van der Waals surface area contributed by atoms with Gasteiger partial charge in [-0.15, -0.1) is 0 Å². The van der Waals surface area contributed by atoms with Gasteiger partial charge in [0.2, 0.25) is 11.8 Å². The molecule has 0 aromatic heterocycles. The van der Waals surface area contributed by atoms with Crippen LogP contribution in [0.4, 0.5) is 5.69 Å². The molecule has 30 heavy (non-hydrogen) atoms. The summed E-state index contributed by atoms with van der Waals surface area (Å²) < 4.78 is 5.71. The minimum atomic E-state index is -0.134. The summed E-state index contributed by atoms with van der Waals surface area (Å²) in [5.41, 5.74) is 1.79. The molecule has 2 rings (SSSR count). The highest BCUT2D eigenvalue weighted by Gasteiger charge is 2.05. The van der Waals surface area contributed by atoms with Crippen LogP contribution in [-0.2, 0) is 21.0 Å².